The molecule has 0 aliphatic rings. The summed E-state index contributed by atoms with van der Waals surface area (Å²) >= 11 is 5.94. The minimum Gasteiger partial charge on any atom is -0.384 e. The van der Waals surface area contributed by atoms with Gasteiger partial charge in [0.15, 0.2) is 0 Å². The summed E-state index contributed by atoms with van der Waals surface area (Å²) in [6, 6.07) is 5.70. The number of anilines is 3. The molecule has 6 heteroatoms. The number of nitrogen functional groups attached to an aromatic ring is 1. The van der Waals surface area contributed by atoms with Gasteiger partial charge in [0, 0.05) is 12.0 Å². The molecule has 0 spiro atoms. The average molecular weight is 281 g/mol. The average Bonchev–Trinajstić information content (AvgIpc) is 2.32. The summed E-state index contributed by atoms with van der Waals surface area (Å²) in [5, 5.41) is 3.29. The number of benzene rings is 1. The lowest BCUT2D eigenvalue weighted by Gasteiger charge is -2.11. The molecule has 0 bridgehead atoms. The highest BCUT2D eigenvalue weighted by Gasteiger charge is 2.08. The summed E-state index contributed by atoms with van der Waals surface area (Å²) in [6.45, 7) is 3.95. The zero-order valence-electron chi connectivity index (χ0n) is 10.6. The third-order valence-electron chi connectivity index (χ3n) is 2.47. The van der Waals surface area contributed by atoms with Crippen LogP contribution in [-0.2, 0) is 0 Å². The van der Waals surface area contributed by atoms with Crippen LogP contribution in [0.4, 0.5) is 21.7 Å². The van der Waals surface area contributed by atoms with E-state index >= 15 is 0 Å². The van der Waals surface area contributed by atoms with Crippen molar-refractivity contribution in [1.29, 1.82) is 0 Å². The van der Waals surface area contributed by atoms with Crippen LogP contribution in [0.5, 0.6) is 0 Å². The lowest BCUT2D eigenvalue weighted by atomic mass is 10.2. The van der Waals surface area contributed by atoms with Crippen molar-refractivity contribution in [1.82, 2.24) is 9.97 Å². The maximum atomic E-state index is 13.0. The van der Waals surface area contributed by atoms with Crippen LogP contribution >= 0.6 is 11.6 Å². The van der Waals surface area contributed by atoms with Crippen molar-refractivity contribution in [3.63, 3.8) is 0 Å². The van der Waals surface area contributed by atoms with E-state index in [0.29, 0.717) is 23.1 Å². The van der Waals surface area contributed by atoms with Crippen molar-refractivity contribution in [2.75, 3.05) is 11.1 Å². The van der Waals surface area contributed by atoms with E-state index in [9.17, 15) is 4.39 Å². The molecule has 0 aliphatic heterocycles. The SMILES string of the molecule is CC(C)c1nc(N)cc(Nc2ccc(F)cc2Cl)n1. The van der Waals surface area contributed by atoms with Crippen molar-refractivity contribution < 1.29 is 4.39 Å². The van der Waals surface area contributed by atoms with Gasteiger partial charge in [0.05, 0.1) is 10.7 Å². The van der Waals surface area contributed by atoms with Gasteiger partial charge in [-0.25, -0.2) is 14.4 Å². The van der Waals surface area contributed by atoms with Crippen molar-refractivity contribution in [2.24, 2.45) is 0 Å². The van der Waals surface area contributed by atoms with Crippen LogP contribution in [0, 0.1) is 5.82 Å². The molecule has 0 radical (unpaired) electrons. The Morgan fingerprint density at radius 1 is 1.26 bits per heavy atom. The topological polar surface area (TPSA) is 63.8 Å². The van der Waals surface area contributed by atoms with Gasteiger partial charge in [-0.15, -0.1) is 0 Å². The Labute approximate surface area is 115 Å². The molecule has 0 saturated heterocycles. The van der Waals surface area contributed by atoms with E-state index in [2.05, 4.69) is 15.3 Å². The summed E-state index contributed by atoms with van der Waals surface area (Å²) < 4.78 is 13.0. The van der Waals surface area contributed by atoms with E-state index in [0.717, 1.165) is 0 Å². The molecule has 0 atom stereocenters. The minimum atomic E-state index is -0.388. The summed E-state index contributed by atoms with van der Waals surface area (Å²) in [7, 11) is 0. The number of hydrogen-bond donors (Lipinski definition) is 2. The number of hydrogen-bond acceptors (Lipinski definition) is 4. The number of rotatable bonds is 3. The van der Waals surface area contributed by atoms with Gasteiger partial charge >= 0.3 is 0 Å². The van der Waals surface area contributed by atoms with Crippen molar-refractivity contribution in [2.45, 2.75) is 19.8 Å². The summed E-state index contributed by atoms with van der Waals surface area (Å²) in [4.78, 5) is 8.48. The quantitative estimate of drug-likeness (QED) is 0.899. The van der Waals surface area contributed by atoms with Crippen LogP contribution in [-0.4, -0.2) is 9.97 Å². The van der Waals surface area contributed by atoms with Crippen LogP contribution in [0.2, 0.25) is 5.02 Å². The Morgan fingerprint density at radius 2 is 2.00 bits per heavy atom. The highest BCUT2D eigenvalue weighted by atomic mass is 35.5. The molecule has 4 nitrogen and oxygen atoms in total. The van der Waals surface area contributed by atoms with Crippen LogP contribution in [0.15, 0.2) is 24.3 Å². The van der Waals surface area contributed by atoms with Gasteiger partial charge in [0.1, 0.15) is 23.3 Å². The molecule has 0 fully saturated rings. The molecule has 0 saturated carbocycles. The van der Waals surface area contributed by atoms with Crippen LogP contribution < -0.4 is 11.1 Å². The van der Waals surface area contributed by atoms with Crippen LogP contribution in [0.3, 0.4) is 0 Å². The Hall–Kier alpha value is -1.88. The molecule has 1 aromatic carbocycles. The highest BCUT2D eigenvalue weighted by Crippen LogP contribution is 2.26. The van der Waals surface area contributed by atoms with E-state index in [1.165, 1.54) is 12.1 Å². The standard InChI is InChI=1S/C13H14ClFN4/c1-7(2)13-18-11(16)6-12(19-13)17-10-4-3-8(15)5-9(10)14/h3-7H,1-2H3,(H3,16,17,18,19). The fourth-order valence-electron chi connectivity index (χ4n) is 1.54. The maximum absolute atomic E-state index is 13.0. The molecule has 3 N–H and O–H groups in total. The largest absolute Gasteiger partial charge is 0.384 e. The third kappa shape index (κ3) is 3.32. The molecular weight excluding hydrogens is 267 g/mol. The predicted molar refractivity (Wildman–Crippen MR) is 75.2 cm³/mol. The minimum absolute atomic E-state index is 0.160. The molecule has 0 amide bonds. The molecule has 0 unspecified atom stereocenters. The van der Waals surface area contributed by atoms with E-state index < -0.39 is 0 Å². The first kappa shape index (κ1) is 13.5. The lowest BCUT2D eigenvalue weighted by molar-refractivity contribution is 0.628. The molecule has 2 rings (SSSR count). The lowest BCUT2D eigenvalue weighted by Crippen LogP contribution is -2.05. The Morgan fingerprint density at radius 3 is 2.63 bits per heavy atom. The normalized spacial score (nSPS) is 10.8. The zero-order valence-corrected chi connectivity index (χ0v) is 11.4. The predicted octanol–water partition coefficient (Wildman–Crippen LogP) is 3.72. The number of aromatic nitrogens is 2. The van der Waals surface area contributed by atoms with E-state index in [1.54, 1.807) is 12.1 Å². The van der Waals surface area contributed by atoms with Crippen molar-refractivity contribution in [3.05, 3.63) is 40.9 Å². The Kier molecular flexibility index (Phi) is 3.85. The molecule has 1 aromatic heterocycles. The molecule has 19 heavy (non-hydrogen) atoms. The number of nitrogens with two attached hydrogens (primary N) is 1. The second-order valence-electron chi connectivity index (χ2n) is 4.44. The fourth-order valence-corrected chi connectivity index (χ4v) is 1.75. The van der Waals surface area contributed by atoms with Gasteiger partial charge in [-0.05, 0) is 18.2 Å². The highest BCUT2D eigenvalue weighted by molar-refractivity contribution is 6.33. The van der Waals surface area contributed by atoms with Gasteiger partial charge in [-0.2, -0.15) is 0 Å². The number of nitrogens with zero attached hydrogens (tertiary/aromatic N) is 2. The first-order valence-corrected chi connectivity index (χ1v) is 6.20. The second kappa shape index (κ2) is 5.40. The molecule has 0 aliphatic carbocycles. The maximum Gasteiger partial charge on any atom is 0.136 e. The second-order valence-corrected chi connectivity index (χ2v) is 4.85. The molecule has 1 heterocycles. The Balaban J connectivity index is 2.32. The smallest absolute Gasteiger partial charge is 0.136 e. The van der Waals surface area contributed by atoms with E-state index in [-0.39, 0.29) is 16.8 Å². The van der Waals surface area contributed by atoms with Gasteiger partial charge < -0.3 is 11.1 Å². The Bertz CT molecular complexity index is 601. The summed E-state index contributed by atoms with van der Waals surface area (Å²) in [5.74, 6) is 1.32. The van der Waals surface area contributed by atoms with E-state index in [1.807, 2.05) is 13.8 Å². The molecule has 100 valence electrons. The van der Waals surface area contributed by atoms with E-state index in [4.69, 9.17) is 17.3 Å². The van der Waals surface area contributed by atoms with Crippen molar-refractivity contribution in [3.8, 4) is 0 Å². The first-order valence-electron chi connectivity index (χ1n) is 5.82. The van der Waals surface area contributed by atoms with Gasteiger partial charge in [0.25, 0.3) is 0 Å². The number of halogens is 2. The summed E-state index contributed by atoms with van der Waals surface area (Å²) in [6.07, 6.45) is 0. The fraction of sp³-hybridized carbons (Fsp3) is 0.231. The first-order chi connectivity index (χ1) is 8.95. The monoisotopic (exact) mass is 280 g/mol. The molecular formula is C13H14ClFN4. The van der Waals surface area contributed by atoms with Gasteiger partial charge in [-0.1, -0.05) is 25.4 Å². The van der Waals surface area contributed by atoms with Gasteiger partial charge in [0.2, 0.25) is 0 Å². The zero-order chi connectivity index (χ0) is 14.0. The van der Waals surface area contributed by atoms with Gasteiger partial charge in [-0.3, -0.25) is 0 Å². The third-order valence-corrected chi connectivity index (χ3v) is 2.79. The number of nitrogens with one attached hydrogen (secondary N) is 1. The molecule has 2 aromatic rings. The van der Waals surface area contributed by atoms with Crippen LogP contribution in [0.1, 0.15) is 25.6 Å². The summed E-state index contributed by atoms with van der Waals surface area (Å²) in [5.41, 5.74) is 6.29. The van der Waals surface area contributed by atoms with Crippen molar-refractivity contribution >= 4 is 28.9 Å². The van der Waals surface area contributed by atoms with Crippen LogP contribution in [0.25, 0.3) is 0 Å².